The normalized spacial score (nSPS) is 15.9. The van der Waals surface area contributed by atoms with Crippen molar-refractivity contribution in [1.29, 1.82) is 0 Å². The van der Waals surface area contributed by atoms with Crippen LogP contribution < -0.4 is 22.7 Å². The third kappa shape index (κ3) is 4.68. The van der Waals surface area contributed by atoms with Gasteiger partial charge < -0.3 is 16.6 Å². The molecule has 66 valence electrons. The Balaban J connectivity index is 3.56. The lowest BCUT2D eigenvalue weighted by Crippen LogP contribution is -2.42. The standard InChI is InChI=1S/C5H14N4O2/c6-3(2-9-8)1-4(10)5(7)11/h3-4,9-10H,1-2,6,8H2,(H2,7,11). The van der Waals surface area contributed by atoms with E-state index in [4.69, 9.17) is 22.4 Å². The first-order valence-electron chi connectivity index (χ1n) is 3.24. The summed E-state index contributed by atoms with van der Waals surface area (Å²) < 4.78 is 0. The van der Waals surface area contributed by atoms with Crippen LogP contribution in [0.25, 0.3) is 0 Å². The van der Waals surface area contributed by atoms with E-state index in [2.05, 4.69) is 5.43 Å². The number of hydrazine groups is 1. The summed E-state index contributed by atoms with van der Waals surface area (Å²) in [5.41, 5.74) is 12.5. The van der Waals surface area contributed by atoms with Crippen molar-refractivity contribution in [2.24, 2.45) is 17.3 Å². The summed E-state index contributed by atoms with van der Waals surface area (Å²) in [7, 11) is 0. The molecular formula is C5H14N4O2. The molecule has 2 atom stereocenters. The summed E-state index contributed by atoms with van der Waals surface area (Å²) in [5, 5.41) is 8.90. The van der Waals surface area contributed by atoms with Gasteiger partial charge in [0.1, 0.15) is 6.10 Å². The fourth-order valence-electron chi connectivity index (χ4n) is 0.638. The molecule has 0 heterocycles. The number of carbonyl (C=O) groups excluding carboxylic acids is 1. The van der Waals surface area contributed by atoms with E-state index < -0.39 is 12.0 Å². The van der Waals surface area contributed by atoms with E-state index in [1.807, 2.05) is 0 Å². The summed E-state index contributed by atoms with van der Waals surface area (Å²) in [6, 6.07) is -0.359. The van der Waals surface area contributed by atoms with Gasteiger partial charge in [0.2, 0.25) is 5.91 Å². The molecule has 0 aromatic carbocycles. The fourth-order valence-corrected chi connectivity index (χ4v) is 0.638. The van der Waals surface area contributed by atoms with Gasteiger partial charge in [-0.2, -0.15) is 0 Å². The van der Waals surface area contributed by atoms with Gasteiger partial charge in [0, 0.05) is 12.6 Å². The molecule has 0 aliphatic rings. The Bertz CT molecular complexity index is 130. The molecule has 0 aliphatic heterocycles. The van der Waals surface area contributed by atoms with E-state index in [-0.39, 0.29) is 12.5 Å². The van der Waals surface area contributed by atoms with Crippen molar-refractivity contribution in [3.8, 4) is 0 Å². The second-order valence-corrected chi connectivity index (χ2v) is 2.32. The predicted octanol–water partition coefficient (Wildman–Crippen LogP) is -2.99. The maximum absolute atomic E-state index is 10.3. The van der Waals surface area contributed by atoms with Crippen molar-refractivity contribution in [1.82, 2.24) is 5.43 Å². The summed E-state index contributed by atoms with van der Waals surface area (Å²) >= 11 is 0. The van der Waals surface area contributed by atoms with E-state index in [0.29, 0.717) is 6.54 Å². The predicted molar refractivity (Wildman–Crippen MR) is 40.0 cm³/mol. The number of primary amides is 1. The highest BCUT2D eigenvalue weighted by molar-refractivity contribution is 5.78. The van der Waals surface area contributed by atoms with Crippen molar-refractivity contribution in [2.45, 2.75) is 18.6 Å². The second kappa shape index (κ2) is 5.03. The lowest BCUT2D eigenvalue weighted by Gasteiger charge is -2.12. The third-order valence-electron chi connectivity index (χ3n) is 1.23. The lowest BCUT2D eigenvalue weighted by molar-refractivity contribution is -0.126. The molecule has 6 nitrogen and oxygen atoms in total. The van der Waals surface area contributed by atoms with Crippen LogP contribution in [0.3, 0.4) is 0 Å². The summed E-state index contributed by atoms with van der Waals surface area (Å²) in [4.78, 5) is 10.3. The van der Waals surface area contributed by atoms with Gasteiger partial charge in [0.15, 0.2) is 0 Å². The molecule has 0 fully saturated rings. The van der Waals surface area contributed by atoms with Gasteiger partial charge in [-0.3, -0.25) is 16.1 Å². The first-order chi connectivity index (χ1) is 5.07. The van der Waals surface area contributed by atoms with Crippen molar-refractivity contribution in [3.05, 3.63) is 0 Å². The summed E-state index contributed by atoms with van der Waals surface area (Å²) in [5.74, 6) is 4.19. The highest BCUT2D eigenvalue weighted by atomic mass is 16.3. The number of nitrogens with two attached hydrogens (primary N) is 3. The van der Waals surface area contributed by atoms with Gasteiger partial charge >= 0.3 is 0 Å². The van der Waals surface area contributed by atoms with Crippen molar-refractivity contribution in [2.75, 3.05) is 6.54 Å². The Morgan fingerprint density at radius 1 is 1.64 bits per heavy atom. The average molecular weight is 162 g/mol. The van der Waals surface area contributed by atoms with E-state index >= 15 is 0 Å². The molecule has 0 bridgehead atoms. The minimum absolute atomic E-state index is 0.125. The third-order valence-corrected chi connectivity index (χ3v) is 1.23. The van der Waals surface area contributed by atoms with E-state index in [1.54, 1.807) is 0 Å². The molecule has 0 spiro atoms. The van der Waals surface area contributed by atoms with Crippen LogP contribution in [0.4, 0.5) is 0 Å². The monoisotopic (exact) mass is 162 g/mol. The highest BCUT2D eigenvalue weighted by Gasteiger charge is 2.14. The highest BCUT2D eigenvalue weighted by Crippen LogP contribution is 1.93. The van der Waals surface area contributed by atoms with Gasteiger partial charge in [0.05, 0.1) is 0 Å². The molecule has 0 saturated carbocycles. The van der Waals surface area contributed by atoms with Gasteiger partial charge in [-0.25, -0.2) is 0 Å². The molecule has 0 aromatic rings. The largest absolute Gasteiger partial charge is 0.383 e. The van der Waals surface area contributed by atoms with E-state index in [9.17, 15) is 4.79 Å². The fraction of sp³-hybridized carbons (Fsp3) is 0.800. The number of carbonyl (C=O) groups is 1. The van der Waals surface area contributed by atoms with Crippen LogP contribution in [0, 0.1) is 0 Å². The maximum atomic E-state index is 10.3. The zero-order valence-electron chi connectivity index (χ0n) is 6.16. The van der Waals surface area contributed by atoms with Crippen molar-refractivity contribution < 1.29 is 9.90 Å². The molecule has 2 unspecified atom stereocenters. The number of aliphatic hydroxyl groups excluding tert-OH is 1. The van der Waals surface area contributed by atoms with E-state index in [1.165, 1.54) is 0 Å². The van der Waals surface area contributed by atoms with Crippen LogP contribution in [0.1, 0.15) is 6.42 Å². The minimum Gasteiger partial charge on any atom is -0.383 e. The maximum Gasteiger partial charge on any atom is 0.246 e. The first-order valence-corrected chi connectivity index (χ1v) is 3.24. The topological polar surface area (TPSA) is 127 Å². The van der Waals surface area contributed by atoms with Crippen LogP contribution in [-0.4, -0.2) is 29.7 Å². The van der Waals surface area contributed by atoms with Crippen molar-refractivity contribution in [3.63, 3.8) is 0 Å². The van der Waals surface area contributed by atoms with Crippen LogP contribution in [0.15, 0.2) is 0 Å². The number of nitrogens with one attached hydrogen (secondary N) is 1. The molecule has 8 N–H and O–H groups in total. The van der Waals surface area contributed by atoms with Gasteiger partial charge in [0.25, 0.3) is 0 Å². The number of rotatable bonds is 5. The Hall–Kier alpha value is -0.690. The molecule has 0 aromatic heterocycles. The number of aliphatic hydroxyl groups is 1. The molecule has 0 rings (SSSR count). The number of hydrogen-bond acceptors (Lipinski definition) is 5. The number of amides is 1. The van der Waals surface area contributed by atoms with Crippen LogP contribution in [-0.2, 0) is 4.79 Å². The smallest absolute Gasteiger partial charge is 0.246 e. The SMILES string of the molecule is NNCC(N)CC(O)C(N)=O. The Labute approximate surface area is 64.7 Å². The quantitative estimate of drug-likeness (QED) is 0.217. The summed E-state index contributed by atoms with van der Waals surface area (Å²) in [6.45, 7) is 0.338. The van der Waals surface area contributed by atoms with Gasteiger partial charge in [-0.15, -0.1) is 0 Å². The molecule has 0 radical (unpaired) electrons. The zero-order chi connectivity index (χ0) is 8.85. The van der Waals surface area contributed by atoms with Crippen LogP contribution in [0.5, 0.6) is 0 Å². The van der Waals surface area contributed by atoms with Gasteiger partial charge in [-0.1, -0.05) is 0 Å². The van der Waals surface area contributed by atoms with Crippen LogP contribution >= 0.6 is 0 Å². The summed E-state index contributed by atoms with van der Waals surface area (Å²) in [6.07, 6.45) is -1.06. The second-order valence-electron chi connectivity index (χ2n) is 2.32. The lowest BCUT2D eigenvalue weighted by atomic mass is 10.1. The Morgan fingerprint density at radius 2 is 2.18 bits per heavy atom. The van der Waals surface area contributed by atoms with Gasteiger partial charge in [-0.05, 0) is 6.42 Å². The molecular weight excluding hydrogens is 148 g/mol. The first kappa shape index (κ1) is 10.3. The molecule has 6 heteroatoms. The molecule has 0 saturated heterocycles. The Kier molecular flexibility index (Phi) is 4.71. The molecule has 11 heavy (non-hydrogen) atoms. The average Bonchev–Trinajstić information content (AvgIpc) is 1.87. The molecule has 1 amide bonds. The van der Waals surface area contributed by atoms with E-state index in [0.717, 1.165) is 0 Å². The Morgan fingerprint density at radius 3 is 2.55 bits per heavy atom. The molecule has 0 aliphatic carbocycles. The minimum atomic E-state index is -1.18. The van der Waals surface area contributed by atoms with Crippen LogP contribution in [0.2, 0.25) is 0 Å². The van der Waals surface area contributed by atoms with Crippen molar-refractivity contribution >= 4 is 5.91 Å². The number of hydrogen-bond donors (Lipinski definition) is 5. The zero-order valence-corrected chi connectivity index (χ0v) is 6.16.